The Labute approximate surface area is 185 Å². The van der Waals surface area contributed by atoms with Crippen LogP contribution in [0.2, 0.25) is 0 Å². The molecule has 4 heterocycles. The van der Waals surface area contributed by atoms with Crippen LogP contribution in [-0.2, 0) is 18.2 Å². The molecule has 32 heavy (non-hydrogen) atoms. The maximum Gasteiger partial charge on any atom is 0.265 e. The summed E-state index contributed by atoms with van der Waals surface area (Å²) >= 11 is 0. The Hall–Kier alpha value is -3.00. The Morgan fingerprint density at radius 3 is 2.59 bits per heavy atom. The summed E-state index contributed by atoms with van der Waals surface area (Å²) in [7, 11) is 1.78. The number of nitrogens with zero attached hydrogens (tertiary/aromatic N) is 4. The zero-order valence-corrected chi connectivity index (χ0v) is 18.3. The topological polar surface area (TPSA) is 50.6 Å². The number of rotatable bonds is 3. The van der Waals surface area contributed by atoms with Crippen molar-refractivity contribution in [3.05, 3.63) is 57.6 Å². The standard InChI is InChI=1S/C24H26F2N4O2/c1-15-10-18-20(28(2)24(15)31)12-17(29-6-8-32-9-7-29)13-21(18)30-5-3-4-19-22(30)11-16(14-27-19)23(25)26/h10-14,23H,3-9H2,1-2H3. The second-order valence-corrected chi connectivity index (χ2v) is 8.48. The monoisotopic (exact) mass is 440 g/mol. The molecule has 0 saturated carbocycles. The van der Waals surface area contributed by atoms with Crippen LogP contribution in [0, 0.1) is 6.92 Å². The van der Waals surface area contributed by atoms with Gasteiger partial charge in [0.1, 0.15) is 0 Å². The average Bonchev–Trinajstić information content (AvgIpc) is 2.82. The first-order valence-electron chi connectivity index (χ1n) is 11.0. The second kappa shape index (κ2) is 8.16. The molecule has 0 unspecified atom stereocenters. The van der Waals surface area contributed by atoms with Crippen LogP contribution < -0.4 is 15.4 Å². The van der Waals surface area contributed by atoms with Gasteiger partial charge in [0, 0.05) is 55.1 Å². The van der Waals surface area contributed by atoms with E-state index in [1.54, 1.807) is 17.7 Å². The van der Waals surface area contributed by atoms with E-state index in [1.165, 1.54) is 6.20 Å². The first-order valence-corrected chi connectivity index (χ1v) is 11.0. The highest BCUT2D eigenvalue weighted by Crippen LogP contribution is 2.40. The van der Waals surface area contributed by atoms with Crippen molar-refractivity contribution in [2.24, 2.45) is 7.05 Å². The zero-order valence-electron chi connectivity index (χ0n) is 18.3. The fourth-order valence-electron chi connectivity index (χ4n) is 4.73. The molecule has 1 aromatic carbocycles. The quantitative estimate of drug-likeness (QED) is 0.614. The number of alkyl halides is 2. The summed E-state index contributed by atoms with van der Waals surface area (Å²) in [6.07, 6.45) is 0.343. The van der Waals surface area contributed by atoms with Gasteiger partial charge in [-0.05, 0) is 44.0 Å². The molecule has 8 heteroatoms. The molecular formula is C24H26F2N4O2. The van der Waals surface area contributed by atoms with Gasteiger partial charge in [-0.25, -0.2) is 8.78 Å². The lowest BCUT2D eigenvalue weighted by molar-refractivity contribution is 0.122. The highest BCUT2D eigenvalue weighted by molar-refractivity contribution is 5.98. The number of anilines is 3. The molecule has 0 spiro atoms. The molecule has 0 bridgehead atoms. The minimum absolute atomic E-state index is 0.0386. The van der Waals surface area contributed by atoms with Gasteiger partial charge >= 0.3 is 0 Å². The number of hydrogen-bond donors (Lipinski definition) is 0. The van der Waals surface area contributed by atoms with Gasteiger partial charge < -0.3 is 19.1 Å². The smallest absolute Gasteiger partial charge is 0.265 e. The largest absolute Gasteiger partial charge is 0.378 e. The van der Waals surface area contributed by atoms with Crippen molar-refractivity contribution < 1.29 is 13.5 Å². The molecule has 2 aliphatic rings. The van der Waals surface area contributed by atoms with E-state index in [0.717, 1.165) is 59.6 Å². The lowest BCUT2D eigenvalue weighted by atomic mass is 10.0. The summed E-state index contributed by atoms with van der Waals surface area (Å²) in [6.45, 7) is 5.33. The van der Waals surface area contributed by atoms with E-state index in [1.807, 2.05) is 19.1 Å². The molecule has 0 N–H and O–H groups in total. The first-order chi connectivity index (χ1) is 15.4. The number of aromatic nitrogens is 2. The lowest BCUT2D eigenvalue weighted by Gasteiger charge is -2.34. The van der Waals surface area contributed by atoms with Crippen molar-refractivity contribution in [3.8, 4) is 0 Å². The number of morpholine rings is 1. The van der Waals surface area contributed by atoms with Crippen LogP contribution in [0.5, 0.6) is 0 Å². The molecule has 1 saturated heterocycles. The minimum atomic E-state index is -2.57. The highest BCUT2D eigenvalue weighted by atomic mass is 19.3. The summed E-state index contributed by atoms with van der Waals surface area (Å²) in [5.74, 6) is 0. The zero-order chi connectivity index (χ0) is 22.4. The van der Waals surface area contributed by atoms with Crippen molar-refractivity contribution in [2.45, 2.75) is 26.2 Å². The Morgan fingerprint density at radius 1 is 1.06 bits per heavy atom. The predicted octanol–water partition coefficient (Wildman–Crippen LogP) is 4.10. The van der Waals surface area contributed by atoms with Crippen LogP contribution in [0.3, 0.4) is 0 Å². The van der Waals surface area contributed by atoms with Crippen LogP contribution in [0.1, 0.15) is 29.7 Å². The average molecular weight is 440 g/mol. The van der Waals surface area contributed by atoms with Crippen LogP contribution >= 0.6 is 0 Å². The highest BCUT2D eigenvalue weighted by Gasteiger charge is 2.25. The third-order valence-electron chi connectivity index (χ3n) is 6.46. The fraction of sp³-hybridized carbons (Fsp3) is 0.417. The molecule has 1 fully saturated rings. The van der Waals surface area contributed by atoms with E-state index in [4.69, 9.17) is 4.74 Å². The Morgan fingerprint density at radius 2 is 1.84 bits per heavy atom. The second-order valence-electron chi connectivity index (χ2n) is 8.48. The molecule has 5 rings (SSSR count). The van der Waals surface area contributed by atoms with Crippen LogP contribution in [0.4, 0.5) is 25.8 Å². The lowest BCUT2D eigenvalue weighted by Crippen LogP contribution is -2.36. The normalized spacial score (nSPS) is 16.7. The summed E-state index contributed by atoms with van der Waals surface area (Å²) in [5.41, 5.74) is 4.82. The third kappa shape index (κ3) is 3.52. The third-order valence-corrected chi connectivity index (χ3v) is 6.46. The van der Waals surface area contributed by atoms with E-state index in [2.05, 4.69) is 20.9 Å². The number of aryl methyl sites for hydroxylation is 3. The molecular weight excluding hydrogens is 414 g/mol. The fourth-order valence-corrected chi connectivity index (χ4v) is 4.73. The number of halogens is 2. The molecule has 3 aromatic rings. The minimum Gasteiger partial charge on any atom is -0.378 e. The molecule has 2 aromatic heterocycles. The molecule has 0 atom stereocenters. The van der Waals surface area contributed by atoms with Gasteiger partial charge in [0.2, 0.25) is 0 Å². The molecule has 0 aliphatic carbocycles. The molecule has 168 valence electrons. The van der Waals surface area contributed by atoms with E-state index >= 15 is 0 Å². The van der Waals surface area contributed by atoms with Crippen molar-refractivity contribution in [1.29, 1.82) is 0 Å². The van der Waals surface area contributed by atoms with E-state index in [0.29, 0.717) is 25.3 Å². The summed E-state index contributed by atoms with van der Waals surface area (Å²) < 4.78 is 34.1. The molecule has 6 nitrogen and oxygen atoms in total. The Kier molecular flexibility index (Phi) is 5.33. The SMILES string of the molecule is Cc1cc2c(N3CCCc4ncc(C(F)F)cc43)cc(N3CCOCC3)cc2n(C)c1=O. The van der Waals surface area contributed by atoms with Gasteiger partial charge in [0.15, 0.2) is 0 Å². The molecule has 0 radical (unpaired) electrons. The van der Waals surface area contributed by atoms with Crippen molar-refractivity contribution in [3.63, 3.8) is 0 Å². The van der Waals surface area contributed by atoms with Crippen LogP contribution in [-0.4, -0.2) is 42.4 Å². The molecule has 2 aliphatic heterocycles. The van der Waals surface area contributed by atoms with Crippen molar-refractivity contribution >= 4 is 28.0 Å². The number of hydrogen-bond acceptors (Lipinski definition) is 5. The van der Waals surface area contributed by atoms with Crippen LogP contribution in [0.15, 0.2) is 35.3 Å². The maximum absolute atomic E-state index is 13.5. The van der Waals surface area contributed by atoms with Crippen molar-refractivity contribution in [1.82, 2.24) is 9.55 Å². The summed E-state index contributed by atoms with van der Waals surface area (Å²) in [4.78, 5) is 21.4. The van der Waals surface area contributed by atoms with E-state index < -0.39 is 6.43 Å². The van der Waals surface area contributed by atoms with Gasteiger partial charge in [0.05, 0.1) is 35.8 Å². The first kappa shape index (κ1) is 20.9. The summed E-state index contributed by atoms with van der Waals surface area (Å²) in [5, 5.41) is 0.928. The Bertz CT molecular complexity index is 1230. The summed E-state index contributed by atoms with van der Waals surface area (Å²) in [6, 6.07) is 7.63. The number of fused-ring (bicyclic) bond motifs is 2. The number of pyridine rings is 2. The number of ether oxygens (including phenoxy) is 1. The predicted molar refractivity (Wildman–Crippen MR) is 121 cm³/mol. The van der Waals surface area contributed by atoms with Crippen LogP contribution in [0.25, 0.3) is 10.9 Å². The van der Waals surface area contributed by atoms with E-state index in [9.17, 15) is 13.6 Å². The van der Waals surface area contributed by atoms with E-state index in [-0.39, 0.29) is 11.1 Å². The maximum atomic E-state index is 13.5. The van der Waals surface area contributed by atoms with Gasteiger partial charge in [0.25, 0.3) is 12.0 Å². The van der Waals surface area contributed by atoms with Gasteiger partial charge in [-0.2, -0.15) is 0 Å². The Balaban J connectivity index is 1.75. The van der Waals surface area contributed by atoms with Gasteiger partial charge in [-0.1, -0.05) is 0 Å². The van der Waals surface area contributed by atoms with Gasteiger partial charge in [-0.15, -0.1) is 0 Å². The molecule has 0 amide bonds. The van der Waals surface area contributed by atoms with Crippen molar-refractivity contribution in [2.75, 3.05) is 42.6 Å². The van der Waals surface area contributed by atoms with Gasteiger partial charge in [-0.3, -0.25) is 9.78 Å². The number of benzene rings is 1.